The van der Waals surface area contributed by atoms with Crippen molar-refractivity contribution < 1.29 is 35.6 Å². The van der Waals surface area contributed by atoms with Gasteiger partial charge in [0, 0.05) is 16.9 Å². The van der Waals surface area contributed by atoms with Crippen molar-refractivity contribution in [2.75, 3.05) is 11.6 Å². The Morgan fingerprint density at radius 1 is 1.06 bits per heavy atom. The number of pyridine rings is 2. The molecule has 184 valence electrons. The number of nitrogens with zero attached hydrogens (tertiary/aromatic N) is 2. The van der Waals surface area contributed by atoms with E-state index in [0.717, 1.165) is 11.8 Å². The molecule has 6 nitrogen and oxygen atoms in total. The second-order valence-electron chi connectivity index (χ2n) is 6.91. The Kier molecular flexibility index (Phi) is 7.89. The highest BCUT2D eigenvalue weighted by Crippen LogP contribution is 2.34. The number of benzene rings is 1. The number of nitrogens with two attached hydrogens (primary N) is 1. The van der Waals surface area contributed by atoms with Crippen molar-refractivity contribution in [1.82, 2.24) is 9.97 Å². The molecule has 0 aliphatic carbocycles. The summed E-state index contributed by atoms with van der Waals surface area (Å²) in [6.45, 7) is 0. The molecule has 0 aliphatic rings. The number of halogens is 6. The molecule has 1 amide bonds. The number of alkyl halides is 3. The molecule has 3 heterocycles. The smallest absolute Gasteiger partial charge is 0.464 e. The van der Waals surface area contributed by atoms with Gasteiger partial charge in [-0.2, -0.15) is 29.3 Å². The topological polar surface area (TPSA) is 94.0 Å². The minimum Gasteiger partial charge on any atom is -0.464 e. The molecular formula is C22H16F6N4O2S. The van der Waals surface area contributed by atoms with Crippen LogP contribution in [0.1, 0.15) is 5.56 Å². The van der Waals surface area contributed by atoms with Crippen molar-refractivity contribution in [3.63, 3.8) is 0 Å². The standard InChI is InChI=1S/C20H14F3N3OS.C2H2F3NO/c1-28-10-11-6-17(23)25-19(7-11)26-18-8-14(16(22)9-24-18)12-2-3-15(21)13-4-5-27-20(12)13;3-2(4,5)1(6)7/h2-9H,10H2,1H3,(H,24,25,26);(H2,6,7). The van der Waals surface area contributed by atoms with Gasteiger partial charge in [0.25, 0.3) is 0 Å². The summed E-state index contributed by atoms with van der Waals surface area (Å²) in [5, 5.41) is 3.15. The SMILES string of the molecule is CSCc1cc(F)nc(Nc2cc(-c3ccc(F)c4ccoc34)c(F)cn2)c1.NC(=O)C(F)(F)F. The van der Waals surface area contributed by atoms with Crippen LogP contribution in [0.5, 0.6) is 0 Å². The van der Waals surface area contributed by atoms with Crippen LogP contribution >= 0.6 is 11.8 Å². The van der Waals surface area contributed by atoms with E-state index in [1.54, 1.807) is 17.8 Å². The maximum absolute atomic E-state index is 14.5. The second-order valence-corrected chi connectivity index (χ2v) is 7.78. The third kappa shape index (κ3) is 6.44. The number of rotatable bonds is 5. The number of fused-ring (bicyclic) bond motifs is 1. The molecule has 0 atom stereocenters. The largest absolute Gasteiger partial charge is 0.470 e. The lowest BCUT2D eigenvalue weighted by atomic mass is 10.0. The monoisotopic (exact) mass is 514 g/mol. The van der Waals surface area contributed by atoms with Crippen molar-refractivity contribution in [2.45, 2.75) is 11.9 Å². The van der Waals surface area contributed by atoms with Gasteiger partial charge in [-0.25, -0.2) is 18.7 Å². The minimum atomic E-state index is -4.86. The van der Waals surface area contributed by atoms with Crippen LogP contribution in [0, 0.1) is 17.6 Å². The Labute approximate surface area is 198 Å². The van der Waals surface area contributed by atoms with Gasteiger partial charge >= 0.3 is 12.1 Å². The van der Waals surface area contributed by atoms with Crippen molar-refractivity contribution in [1.29, 1.82) is 0 Å². The van der Waals surface area contributed by atoms with Gasteiger partial charge in [0.15, 0.2) is 0 Å². The summed E-state index contributed by atoms with van der Waals surface area (Å²) in [6, 6.07) is 8.69. The van der Waals surface area contributed by atoms with Crippen LogP contribution < -0.4 is 11.1 Å². The number of hydrogen-bond acceptors (Lipinski definition) is 6. The predicted molar refractivity (Wildman–Crippen MR) is 119 cm³/mol. The summed E-state index contributed by atoms with van der Waals surface area (Å²) in [7, 11) is 0. The average molecular weight is 514 g/mol. The van der Waals surface area contributed by atoms with E-state index >= 15 is 0 Å². The number of primary amides is 1. The number of nitrogens with one attached hydrogen (secondary N) is 1. The zero-order chi connectivity index (χ0) is 25.8. The van der Waals surface area contributed by atoms with Gasteiger partial charge in [-0.15, -0.1) is 0 Å². The zero-order valence-electron chi connectivity index (χ0n) is 17.8. The van der Waals surface area contributed by atoms with Crippen LogP contribution in [0.15, 0.2) is 53.3 Å². The minimum absolute atomic E-state index is 0.179. The van der Waals surface area contributed by atoms with Crippen LogP contribution in [0.25, 0.3) is 22.1 Å². The van der Waals surface area contributed by atoms with Crippen molar-refractivity contribution >= 4 is 40.3 Å². The molecule has 0 saturated heterocycles. The lowest BCUT2D eigenvalue weighted by molar-refractivity contribution is -0.169. The Morgan fingerprint density at radius 3 is 2.43 bits per heavy atom. The fraction of sp³-hybridized carbons (Fsp3) is 0.136. The van der Waals surface area contributed by atoms with E-state index in [2.05, 4.69) is 21.0 Å². The van der Waals surface area contributed by atoms with Gasteiger partial charge in [0.1, 0.15) is 28.9 Å². The van der Waals surface area contributed by atoms with Crippen LogP contribution in [0.3, 0.4) is 0 Å². The molecule has 3 aromatic heterocycles. The fourth-order valence-electron chi connectivity index (χ4n) is 2.95. The van der Waals surface area contributed by atoms with E-state index in [-0.39, 0.29) is 28.2 Å². The van der Waals surface area contributed by atoms with E-state index in [1.807, 2.05) is 6.26 Å². The Bertz CT molecular complexity index is 1360. The van der Waals surface area contributed by atoms with Gasteiger partial charge in [0.05, 0.1) is 17.8 Å². The molecular weight excluding hydrogens is 498 g/mol. The molecule has 13 heteroatoms. The maximum atomic E-state index is 14.5. The summed E-state index contributed by atoms with van der Waals surface area (Å²) in [6.07, 6.45) is -0.561. The first-order chi connectivity index (χ1) is 16.5. The molecule has 0 saturated carbocycles. The first-order valence-electron chi connectivity index (χ1n) is 9.60. The second kappa shape index (κ2) is 10.7. The normalized spacial score (nSPS) is 11.2. The molecule has 0 radical (unpaired) electrons. The van der Waals surface area contributed by atoms with Crippen LogP contribution in [0.4, 0.5) is 38.0 Å². The van der Waals surface area contributed by atoms with Crippen LogP contribution in [-0.4, -0.2) is 28.3 Å². The highest BCUT2D eigenvalue weighted by molar-refractivity contribution is 7.97. The van der Waals surface area contributed by atoms with Gasteiger partial charge in [-0.3, -0.25) is 4.79 Å². The zero-order valence-corrected chi connectivity index (χ0v) is 18.6. The number of carbonyl (C=O) groups excluding carboxylic acids is 1. The fourth-order valence-corrected chi connectivity index (χ4v) is 3.45. The molecule has 4 rings (SSSR count). The molecule has 0 spiro atoms. The molecule has 1 aromatic carbocycles. The van der Waals surface area contributed by atoms with E-state index in [1.165, 1.54) is 36.6 Å². The lowest BCUT2D eigenvalue weighted by Crippen LogP contribution is -2.30. The molecule has 4 aromatic rings. The average Bonchev–Trinajstić information content (AvgIpc) is 3.26. The van der Waals surface area contributed by atoms with E-state index < -0.39 is 29.7 Å². The Morgan fingerprint density at radius 2 is 1.77 bits per heavy atom. The summed E-state index contributed by atoms with van der Waals surface area (Å²) in [5.41, 5.74) is 5.38. The Balaban J connectivity index is 0.000000429. The van der Waals surface area contributed by atoms with E-state index in [4.69, 9.17) is 9.21 Å². The highest BCUT2D eigenvalue weighted by Gasteiger charge is 2.35. The number of thioether (sulfide) groups is 1. The van der Waals surface area contributed by atoms with Crippen LogP contribution in [-0.2, 0) is 10.5 Å². The third-order valence-electron chi connectivity index (χ3n) is 4.41. The number of carbonyl (C=O) groups is 1. The molecule has 0 aliphatic heterocycles. The summed E-state index contributed by atoms with van der Waals surface area (Å²) in [4.78, 5) is 16.9. The van der Waals surface area contributed by atoms with Crippen molar-refractivity contribution in [2.24, 2.45) is 5.73 Å². The Hall–Kier alpha value is -3.74. The molecule has 35 heavy (non-hydrogen) atoms. The highest BCUT2D eigenvalue weighted by atomic mass is 32.2. The number of aromatic nitrogens is 2. The summed E-state index contributed by atoms with van der Waals surface area (Å²) in [5.74, 6) is -2.76. The number of amides is 1. The van der Waals surface area contributed by atoms with Gasteiger partial charge in [-0.1, -0.05) is 0 Å². The first kappa shape index (κ1) is 25.9. The third-order valence-corrected chi connectivity index (χ3v) is 5.03. The summed E-state index contributed by atoms with van der Waals surface area (Å²) >= 11 is 1.55. The van der Waals surface area contributed by atoms with Gasteiger partial charge < -0.3 is 15.5 Å². The predicted octanol–water partition coefficient (Wildman–Crippen LogP) is 5.95. The lowest BCUT2D eigenvalue weighted by Gasteiger charge is -2.10. The molecule has 0 bridgehead atoms. The molecule has 0 unspecified atom stereocenters. The van der Waals surface area contributed by atoms with Gasteiger partial charge in [-0.05, 0) is 48.2 Å². The molecule has 3 N–H and O–H groups in total. The number of furan rings is 1. The first-order valence-corrected chi connectivity index (χ1v) is 11.0. The maximum Gasteiger partial charge on any atom is 0.470 e. The number of anilines is 2. The van der Waals surface area contributed by atoms with Crippen molar-refractivity contribution in [3.8, 4) is 11.1 Å². The van der Waals surface area contributed by atoms with Crippen molar-refractivity contribution in [3.05, 3.63) is 72.0 Å². The number of hydrogen-bond donors (Lipinski definition) is 2. The van der Waals surface area contributed by atoms with Crippen LogP contribution in [0.2, 0.25) is 0 Å². The molecule has 0 fully saturated rings. The summed E-state index contributed by atoms with van der Waals surface area (Å²) < 4.78 is 79.6. The van der Waals surface area contributed by atoms with Gasteiger partial charge in [0.2, 0.25) is 5.95 Å². The van der Waals surface area contributed by atoms with E-state index in [9.17, 15) is 26.3 Å². The van der Waals surface area contributed by atoms with E-state index in [0.29, 0.717) is 11.3 Å². The quantitative estimate of drug-likeness (QED) is 0.253.